The van der Waals surface area contributed by atoms with Crippen LogP contribution >= 0.6 is 0 Å². The van der Waals surface area contributed by atoms with Gasteiger partial charge in [0.1, 0.15) is 0 Å². The molecule has 0 radical (unpaired) electrons. The van der Waals surface area contributed by atoms with Crippen LogP contribution in [0.4, 0.5) is 0 Å². The molecule has 0 aliphatic carbocycles. The Bertz CT molecular complexity index is 326. The Morgan fingerprint density at radius 2 is 1.86 bits per heavy atom. The lowest BCUT2D eigenvalue weighted by Crippen LogP contribution is -2.21. The van der Waals surface area contributed by atoms with Crippen LogP contribution in [0.2, 0.25) is 0 Å². The van der Waals surface area contributed by atoms with Crippen molar-refractivity contribution in [1.82, 2.24) is 4.57 Å². The minimum Gasteiger partial charge on any atom is -0.315 e. The molecule has 0 saturated heterocycles. The Balaban J connectivity index is 0.000000791. The molecule has 1 rings (SSSR count). The summed E-state index contributed by atoms with van der Waals surface area (Å²) in [5.74, 6) is 0. The number of aryl methyl sites for hydroxylation is 3. The van der Waals surface area contributed by atoms with Crippen molar-refractivity contribution >= 4 is 0 Å². The van der Waals surface area contributed by atoms with Gasteiger partial charge in [-0.25, -0.2) is 0 Å². The summed E-state index contributed by atoms with van der Waals surface area (Å²) in [4.78, 5) is 11.4. The summed E-state index contributed by atoms with van der Waals surface area (Å²) in [7, 11) is 0. The molecule has 0 aliphatic rings. The first-order valence-corrected chi connectivity index (χ1v) is 5.39. The Morgan fingerprint density at radius 3 is 2.29 bits per heavy atom. The van der Waals surface area contributed by atoms with E-state index >= 15 is 0 Å². The molecule has 0 atom stereocenters. The van der Waals surface area contributed by atoms with Crippen molar-refractivity contribution in [2.75, 3.05) is 0 Å². The minimum atomic E-state index is 0.134. The summed E-state index contributed by atoms with van der Waals surface area (Å²) in [5, 5.41) is 0. The zero-order valence-electron chi connectivity index (χ0n) is 9.92. The molecule has 1 heterocycles. The molecule has 1 aromatic heterocycles. The number of pyridine rings is 1. The fraction of sp³-hybridized carbons (Fsp3) is 0.583. The van der Waals surface area contributed by atoms with Gasteiger partial charge >= 0.3 is 0 Å². The molecule has 0 unspecified atom stereocenters. The highest BCUT2D eigenvalue weighted by atomic mass is 16.1. The maximum Gasteiger partial charge on any atom is 0.253 e. The minimum absolute atomic E-state index is 0.134. The molecular formula is C12H21NO. The van der Waals surface area contributed by atoms with E-state index in [9.17, 15) is 4.79 Å². The van der Waals surface area contributed by atoms with E-state index in [1.807, 2.05) is 40.0 Å². The van der Waals surface area contributed by atoms with Gasteiger partial charge in [0, 0.05) is 18.3 Å². The van der Waals surface area contributed by atoms with E-state index in [1.54, 1.807) is 4.57 Å². The topological polar surface area (TPSA) is 22.0 Å². The predicted molar refractivity (Wildman–Crippen MR) is 61.8 cm³/mol. The number of rotatable bonds is 2. The second kappa shape index (κ2) is 6.41. The molecule has 0 aliphatic heterocycles. The Morgan fingerprint density at radius 1 is 1.29 bits per heavy atom. The van der Waals surface area contributed by atoms with Gasteiger partial charge < -0.3 is 4.57 Å². The van der Waals surface area contributed by atoms with Crippen LogP contribution in [0.5, 0.6) is 0 Å². The molecule has 1 aromatic rings. The first-order valence-electron chi connectivity index (χ1n) is 5.39. The summed E-state index contributed by atoms with van der Waals surface area (Å²) in [6.45, 7) is 10.7. The van der Waals surface area contributed by atoms with Crippen LogP contribution in [-0.2, 0) is 13.0 Å². The Kier molecular flexibility index (Phi) is 5.93. The Hall–Kier alpha value is -1.05. The zero-order chi connectivity index (χ0) is 11.1. The summed E-state index contributed by atoms with van der Waals surface area (Å²) >= 11 is 0. The van der Waals surface area contributed by atoms with Crippen molar-refractivity contribution in [2.24, 2.45) is 0 Å². The second-order valence-corrected chi connectivity index (χ2v) is 2.98. The van der Waals surface area contributed by atoms with Crippen LogP contribution in [0.25, 0.3) is 0 Å². The molecule has 0 amide bonds. The third-order valence-electron chi connectivity index (χ3n) is 2.07. The van der Waals surface area contributed by atoms with Crippen LogP contribution in [0.3, 0.4) is 0 Å². The zero-order valence-corrected chi connectivity index (χ0v) is 9.92. The lowest BCUT2D eigenvalue weighted by Gasteiger charge is -2.05. The van der Waals surface area contributed by atoms with Crippen molar-refractivity contribution in [3.05, 3.63) is 33.7 Å². The Labute approximate surface area is 86.6 Å². The normalized spacial score (nSPS) is 9.21. The fourth-order valence-corrected chi connectivity index (χ4v) is 1.29. The molecule has 80 valence electrons. The summed E-state index contributed by atoms with van der Waals surface area (Å²) in [5.41, 5.74) is 2.21. The van der Waals surface area contributed by atoms with Crippen molar-refractivity contribution in [2.45, 2.75) is 47.6 Å². The highest BCUT2D eigenvalue weighted by molar-refractivity contribution is 5.17. The lowest BCUT2D eigenvalue weighted by molar-refractivity contribution is 0.713. The smallest absolute Gasteiger partial charge is 0.253 e. The standard InChI is InChI=1S/C10H15NO.C2H6/c1-4-9-6-8(3)10(12)11(5-2)7-9;1-2/h6-7H,4-5H2,1-3H3;1-2H3. The van der Waals surface area contributed by atoms with Gasteiger partial charge in [0.25, 0.3) is 5.56 Å². The monoisotopic (exact) mass is 195 g/mol. The van der Waals surface area contributed by atoms with Gasteiger partial charge in [-0.2, -0.15) is 0 Å². The molecule has 2 heteroatoms. The average molecular weight is 195 g/mol. The fourth-order valence-electron chi connectivity index (χ4n) is 1.29. The highest BCUT2D eigenvalue weighted by Gasteiger charge is 1.99. The molecule has 0 fully saturated rings. The number of nitrogens with zero attached hydrogens (tertiary/aromatic N) is 1. The van der Waals surface area contributed by atoms with Gasteiger partial charge in [0.05, 0.1) is 0 Å². The molecular weight excluding hydrogens is 174 g/mol. The van der Waals surface area contributed by atoms with Crippen LogP contribution in [0.1, 0.15) is 38.8 Å². The van der Waals surface area contributed by atoms with Gasteiger partial charge in [0.15, 0.2) is 0 Å². The molecule has 0 saturated carbocycles. The van der Waals surface area contributed by atoms with Gasteiger partial charge in [-0.1, -0.05) is 20.8 Å². The summed E-state index contributed by atoms with van der Waals surface area (Å²) in [6.07, 6.45) is 2.93. The predicted octanol–water partition coefficient (Wildman–Crippen LogP) is 2.77. The maximum atomic E-state index is 11.4. The van der Waals surface area contributed by atoms with Crippen LogP contribution < -0.4 is 5.56 Å². The first kappa shape index (κ1) is 12.9. The van der Waals surface area contributed by atoms with E-state index in [0.29, 0.717) is 0 Å². The largest absolute Gasteiger partial charge is 0.315 e. The van der Waals surface area contributed by atoms with Crippen LogP contribution in [0.15, 0.2) is 17.1 Å². The van der Waals surface area contributed by atoms with E-state index in [-0.39, 0.29) is 5.56 Å². The second-order valence-electron chi connectivity index (χ2n) is 2.98. The molecule has 2 nitrogen and oxygen atoms in total. The van der Waals surface area contributed by atoms with E-state index in [1.165, 1.54) is 5.56 Å². The third-order valence-corrected chi connectivity index (χ3v) is 2.07. The highest BCUT2D eigenvalue weighted by Crippen LogP contribution is 2.00. The van der Waals surface area contributed by atoms with E-state index in [4.69, 9.17) is 0 Å². The molecule has 0 N–H and O–H groups in total. The number of hydrogen-bond donors (Lipinski definition) is 0. The number of aromatic nitrogens is 1. The van der Waals surface area contributed by atoms with Crippen molar-refractivity contribution < 1.29 is 0 Å². The van der Waals surface area contributed by atoms with Crippen LogP contribution in [-0.4, -0.2) is 4.57 Å². The van der Waals surface area contributed by atoms with Gasteiger partial charge in [-0.05, 0) is 31.9 Å². The van der Waals surface area contributed by atoms with E-state index in [2.05, 4.69) is 6.92 Å². The SMILES string of the molecule is CC.CCc1cc(C)c(=O)n(CC)c1. The van der Waals surface area contributed by atoms with E-state index in [0.717, 1.165) is 18.5 Å². The van der Waals surface area contributed by atoms with Crippen molar-refractivity contribution in [3.8, 4) is 0 Å². The van der Waals surface area contributed by atoms with Gasteiger partial charge in [0.2, 0.25) is 0 Å². The average Bonchev–Trinajstić information content (AvgIpc) is 2.24. The van der Waals surface area contributed by atoms with Gasteiger partial charge in [-0.3, -0.25) is 4.79 Å². The third kappa shape index (κ3) is 3.02. The van der Waals surface area contributed by atoms with Gasteiger partial charge in [-0.15, -0.1) is 0 Å². The lowest BCUT2D eigenvalue weighted by atomic mass is 10.2. The number of hydrogen-bond acceptors (Lipinski definition) is 1. The maximum absolute atomic E-state index is 11.4. The first-order chi connectivity index (χ1) is 6.69. The van der Waals surface area contributed by atoms with E-state index < -0.39 is 0 Å². The summed E-state index contributed by atoms with van der Waals surface area (Å²) in [6, 6.07) is 1.97. The summed E-state index contributed by atoms with van der Waals surface area (Å²) < 4.78 is 1.76. The molecule has 0 spiro atoms. The molecule has 0 bridgehead atoms. The van der Waals surface area contributed by atoms with Crippen LogP contribution in [0, 0.1) is 6.92 Å². The molecule has 0 aromatic carbocycles. The molecule has 14 heavy (non-hydrogen) atoms. The quantitative estimate of drug-likeness (QED) is 0.711. The van der Waals surface area contributed by atoms with Crippen molar-refractivity contribution in [1.29, 1.82) is 0 Å². The van der Waals surface area contributed by atoms with Crippen molar-refractivity contribution in [3.63, 3.8) is 0 Å².